The van der Waals surface area contributed by atoms with Gasteiger partial charge in [0.2, 0.25) is 0 Å². The topological polar surface area (TPSA) is 38.8 Å². The fourth-order valence-corrected chi connectivity index (χ4v) is 2.79. The average Bonchev–Trinajstić information content (AvgIpc) is 2.46. The molecule has 122 valence electrons. The van der Waals surface area contributed by atoms with Gasteiger partial charge in [-0.3, -0.25) is 4.79 Å². The summed E-state index contributed by atoms with van der Waals surface area (Å²) in [6.45, 7) is 5.65. The first-order valence-electron chi connectivity index (χ1n) is 8.26. The van der Waals surface area contributed by atoms with Crippen LogP contribution in [0.25, 0.3) is 0 Å². The number of carbonyl (C=O) groups is 1. The summed E-state index contributed by atoms with van der Waals surface area (Å²) in [5.74, 6) is 1.39. The summed E-state index contributed by atoms with van der Waals surface area (Å²) in [6.07, 6.45) is 5.99. The van der Waals surface area contributed by atoms with E-state index in [1.807, 2.05) is 30.9 Å². The molecule has 0 saturated carbocycles. The van der Waals surface area contributed by atoms with Gasteiger partial charge in [-0.25, -0.2) is 0 Å². The van der Waals surface area contributed by atoms with Crippen LogP contribution in [0.3, 0.4) is 0 Å². The minimum Gasteiger partial charge on any atom is -0.493 e. The first-order valence-corrected chi connectivity index (χ1v) is 8.26. The third-order valence-corrected chi connectivity index (χ3v) is 3.92. The minimum atomic E-state index is 0.0739. The van der Waals surface area contributed by atoms with Crippen molar-refractivity contribution in [2.75, 3.05) is 20.2 Å². The van der Waals surface area contributed by atoms with Crippen LogP contribution in [-0.2, 0) is 0 Å². The van der Waals surface area contributed by atoms with E-state index < -0.39 is 0 Å². The van der Waals surface area contributed by atoms with Gasteiger partial charge < -0.3 is 14.4 Å². The maximum atomic E-state index is 12.7. The highest BCUT2D eigenvalue weighted by molar-refractivity contribution is 5.95. The number of rotatable bonds is 4. The van der Waals surface area contributed by atoms with Crippen molar-refractivity contribution in [3.63, 3.8) is 0 Å². The first kappa shape index (κ1) is 16.7. The number of hydrogen-bond donors (Lipinski definition) is 0. The van der Waals surface area contributed by atoms with Gasteiger partial charge in [-0.15, -0.1) is 0 Å². The minimum absolute atomic E-state index is 0.0739. The molecule has 0 radical (unpaired) electrons. The molecule has 0 atom stereocenters. The monoisotopic (exact) mass is 305 g/mol. The van der Waals surface area contributed by atoms with Crippen molar-refractivity contribution >= 4 is 5.91 Å². The molecular weight excluding hydrogens is 278 g/mol. The number of benzene rings is 1. The second-order valence-corrected chi connectivity index (χ2v) is 6.09. The van der Waals surface area contributed by atoms with Gasteiger partial charge in [0.05, 0.1) is 13.2 Å². The Bertz CT molecular complexity index is 491. The highest BCUT2D eigenvalue weighted by atomic mass is 16.5. The van der Waals surface area contributed by atoms with E-state index in [0.717, 1.165) is 25.9 Å². The fraction of sp³-hybridized carbons (Fsp3) is 0.611. The Kier molecular flexibility index (Phi) is 6.10. The maximum Gasteiger partial charge on any atom is 0.253 e. The van der Waals surface area contributed by atoms with Gasteiger partial charge in [0, 0.05) is 18.7 Å². The zero-order chi connectivity index (χ0) is 15.9. The molecule has 1 fully saturated rings. The summed E-state index contributed by atoms with van der Waals surface area (Å²) in [6, 6.07) is 5.45. The van der Waals surface area contributed by atoms with Crippen molar-refractivity contribution < 1.29 is 14.3 Å². The Morgan fingerprint density at radius 2 is 1.68 bits per heavy atom. The van der Waals surface area contributed by atoms with Crippen LogP contribution in [0.4, 0.5) is 0 Å². The molecule has 0 N–H and O–H groups in total. The molecule has 1 heterocycles. The van der Waals surface area contributed by atoms with Crippen LogP contribution in [0.1, 0.15) is 56.3 Å². The van der Waals surface area contributed by atoms with Gasteiger partial charge >= 0.3 is 0 Å². The van der Waals surface area contributed by atoms with Gasteiger partial charge in [0.25, 0.3) is 5.91 Å². The van der Waals surface area contributed by atoms with Crippen molar-refractivity contribution in [3.8, 4) is 11.5 Å². The summed E-state index contributed by atoms with van der Waals surface area (Å²) in [5.41, 5.74) is 0.675. The number of amides is 1. The number of hydrogen-bond acceptors (Lipinski definition) is 3. The molecule has 1 saturated heterocycles. The lowest BCUT2D eigenvalue weighted by molar-refractivity contribution is 0.0742. The molecule has 1 aromatic carbocycles. The predicted octanol–water partition coefficient (Wildman–Crippen LogP) is 3.89. The smallest absolute Gasteiger partial charge is 0.253 e. The number of ether oxygens (including phenoxy) is 2. The molecule has 2 rings (SSSR count). The molecular formula is C18H27NO3. The average molecular weight is 305 g/mol. The van der Waals surface area contributed by atoms with Crippen LogP contribution in [-0.4, -0.2) is 37.1 Å². The quantitative estimate of drug-likeness (QED) is 0.847. The molecule has 0 aliphatic carbocycles. The van der Waals surface area contributed by atoms with Gasteiger partial charge in [-0.2, -0.15) is 0 Å². The highest BCUT2D eigenvalue weighted by Crippen LogP contribution is 2.29. The molecule has 4 heteroatoms. The van der Waals surface area contributed by atoms with Crippen molar-refractivity contribution in [2.24, 2.45) is 0 Å². The van der Waals surface area contributed by atoms with E-state index in [9.17, 15) is 4.79 Å². The second-order valence-electron chi connectivity index (χ2n) is 6.09. The van der Waals surface area contributed by atoms with Crippen LogP contribution in [0.2, 0.25) is 0 Å². The second kappa shape index (κ2) is 8.06. The standard InChI is InChI=1S/C18H27NO3/c1-14(2)22-16-10-9-15(13-17(16)21-3)18(20)19-11-7-5-4-6-8-12-19/h9-10,13-14H,4-8,11-12H2,1-3H3. The first-order chi connectivity index (χ1) is 10.6. The van der Waals surface area contributed by atoms with E-state index in [1.165, 1.54) is 19.3 Å². The van der Waals surface area contributed by atoms with E-state index in [4.69, 9.17) is 9.47 Å². The van der Waals surface area contributed by atoms with Crippen LogP contribution in [0.15, 0.2) is 18.2 Å². The van der Waals surface area contributed by atoms with E-state index >= 15 is 0 Å². The van der Waals surface area contributed by atoms with Crippen molar-refractivity contribution in [1.82, 2.24) is 4.90 Å². The summed E-state index contributed by atoms with van der Waals surface area (Å²) in [7, 11) is 1.60. The highest BCUT2D eigenvalue weighted by Gasteiger charge is 2.18. The normalized spacial score (nSPS) is 16.1. The molecule has 1 aliphatic rings. The van der Waals surface area contributed by atoms with Gasteiger partial charge in [0.15, 0.2) is 11.5 Å². The molecule has 4 nitrogen and oxygen atoms in total. The Morgan fingerprint density at radius 1 is 1.05 bits per heavy atom. The van der Waals surface area contributed by atoms with Gasteiger partial charge in [0.1, 0.15) is 0 Å². The maximum absolute atomic E-state index is 12.7. The molecule has 0 spiro atoms. The van der Waals surface area contributed by atoms with Crippen LogP contribution in [0, 0.1) is 0 Å². The lowest BCUT2D eigenvalue weighted by Crippen LogP contribution is -2.33. The van der Waals surface area contributed by atoms with E-state index in [1.54, 1.807) is 13.2 Å². The van der Waals surface area contributed by atoms with Crippen LogP contribution >= 0.6 is 0 Å². The Labute approximate surface area is 133 Å². The Hall–Kier alpha value is -1.71. The lowest BCUT2D eigenvalue weighted by atomic mass is 10.1. The number of likely N-dealkylation sites (tertiary alicyclic amines) is 1. The van der Waals surface area contributed by atoms with E-state index in [-0.39, 0.29) is 12.0 Å². The van der Waals surface area contributed by atoms with Crippen molar-refractivity contribution in [3.05, 3.63) is 23.8 Å². The van der Waals surface area contributed by atoms with Crippen LogP contribution in [0.5, 0.6) is 11.5 Å². The predicted molar refractivity (Wildman–Crippen MR) is 87.7 cm³/mol. The number of nitrogens with zero attached hydrogens (tertiary/aromatic N) is 1. The summed E-state index contributed by atoms with van der Waals surface area (Å²) in [4.78, 5) is 14.7. The van der Waals surface area contributed by atoms with Crippen LogP contribution < -0.4 is 9.47 Å². The summed E-state index contributed by atoms with van der Waals surface area (Å²) < 4.78 is 11.1. The van der Waals surface area contributed by atoms with Crippen molar-refractivity contribution in [2.45, 2.75) is 52.1 Å². The van der Waals surface area contributed by atoms with Crippen molar-refractivity contribution in [1.29, 1.82) is 0 Å². The molecule has 0 bridgehead atoms. The largest absolute Gasteiger partial charge is 0.493 e. The van der Waals surface area contributed by atoms with E-state index in [2.05, 4.69) is 0 Å². The summed E-state index contributed by atoms with van der Waals surface area (Å²) >= 11 is 0. The number of methoxy groups -OCH3 is 1. The van der Waals surface area contributed by atoms with Gasteiger partial charge in [-0.05, 0) is 44.9 Å². The molecule has 0 aromatic heterocycles. The zero-order valence-corrected chi connectivity index (χ0v) is 13.9. The van der Waals surface area contributed by atoms with Gasteiger partial charge in [-0.1, -0.05) is 19.3 Å². The van der Waals surface area contributed by atoms with E-state index in [0.29, 0.717) is 17.1 Å². The zero-order valence-electron chi connectivity index (χ0n) is 13.9. The molecule has 1 aromatic rings. The third kappa shape index (κ3) is 4.39. The Morgan fingerprint density at radius 3 is 2.27 bits per heavy atom. The molecule has 0 unspecified atom stereocenters. The fourth-order valence-electron chi connectivity index (χ4n) is 2.79. The lowest BCUT2D eigenvalue weighted by Gasteiger charge is -2.25. The molecule has 1 amide bonds. The Balaban J connectivity index is 2.14. The molecule has 22 heavy (non-hydrogen) atoms. The number of carbonyl (C=O) groups excluding carboxylic acids is 1. The summed E-state index contributed by atoms with van der Waals surface area (Å²) in [5, 5.41) is 0. The third-order valence-electron chi connectivity index (χ3n) is 3.92. The molecule has 1 aliphatic heterocycles. The SMILES string of the molecule is COc1cc(C(=O)N2CCCCCCC2)ccc1OC(C)C.